The Hall–Kier alpha value is -1.36. The molecule has 1 fully saturated rings. The maximum Gasteiger partial charge on any atom is 0.220 e. The molecule has 5 nitrogen and oxygen atoms in total. The van der Waals surface area contributed by atoms with Gasteiger partial charge in [-0.2, -0.15) is 0 Å². The first kappa shape index (κ1) is 12.1. The summed E-state index contributed by atoms with van der Waals surface area (Å²) in [5, 5.41) is 3.28. The molecule has 1 aliphatic rings. The Balaban J connectivity index is 2.19. The van der Waals surface area contributed by atoms with Crippen molar-refractivity contribution in [3.8, 4) is 0 Å². The molecule has 0 spiro atoms. The van der Waals surface area contributed by atoms with Crippen LogP contribution in [0.3, 0.4) is 0 Å². The van der Waals surface area contributed by atoms with Gasteiger partial charge in [0.25, 0.3) is 0 Å². The molecule has 1 aromatic heterocycles. The van der Waals surface area contributed by atoms with E-state index in [2.05, 4.69) is 15.3 Å². The van der Waals surface area contributed by atoms with Gasteiger partial charge in [-0.1, -0.05) is 19.3 Å². The van der Waals surface area contributed by atoms with Crippen molar-refractivity contribution in [1.82, 2.24) is 9.97 Å². The monoisotopic (exact) mass is 235 g/mol. The molecule has 0 amide bonds. The van der Waals surface area contributed by atoms with Crippen LogP contribution in [0.2, 0.25) is 0 Å². The van der Waals surface area contributed by atoms with Crippen molar-refractivity contribution >= 4 is 11.6 Å². The van der Waals surface area contributed by atoms with Gasteiger partial charge >= 0.3 is 0 Å². The van der Waals surface area contributed by atoms with Crippen molar-refractivity contribution in [1.29, 1.82) is 0 Å². The molecule has 1 heterocycles. The van der Waals surface area contributed by atoms with E-state index in [1.54, 1.807) is 6.20 Å². The fourth-order valence-electron chi connectivity index (χ4n) is 2.44. The van der Waals surface area contributed by atoms with Gasteiger partial charge in [0.1, 0.15) is 0 Å². The Morgan fingerprint density at radius 2 is 2.06 bits per heavy atom. The first-order chi connectivity index (χ1) is 8.31. The molecule has 0 aromatic carbocycles. The third kappa shape index (κ3) is 3.06. The molecule has 0 unspecified atom stereocenters. The van der Waals surface area contributed by atoms with Crippen LogP contribution in [0.4, 0.5) is 11.6 Å². The van der Waals surface area contributed by atoms with Gasteiger partial charge in [-0.15, -0.1) is 0 Å². The van der Waals surface area contributed by atoms with Gasteiger partial charge in [-0.3, -0.25) is 0 Å². The SMILES string of the molecule is NCCNc1cnc(N)nc1C1CCCCC1. The molecule has 1 aromatic rings. The summed E-state index contributed by atoms with van der Waals surface area (Å²) in [6, 6.07) is 0. The van der Waals surface area contributed by atoms with Gasteiger partial charge in [0, 0.05) is 19.0 Å². The molecule has 1 saturated carbocycles. The first-order valence-corrected chi connectivity index (χ1v) is 6.37. The minimum atomic E-state index is 0.365. The maximum atomic E-state index is 5.69. The van der Waals surface area contributed by atoms with Crippen LogP contribution in [0.5, 0.6) is 0 Å². The predicted octanol–water partition coefficient (Wildman–Crippen LogP) is 1.48. The van der Waals surface area contributed by atoms with Crippen molar-refractivity contribution in [3.05, 3.63) is 11.9 Å². The Labute approximate surface area is 102 Å². The zero-order valence-corrected chi connectivity index (χ0v) is 10.2. The predicted molar refractivity (Wildman–Crippen MR) is 69.8 cm³/mol. The Morgan fingerprint density at radius 1 is 1.29 bits per heavy atom. The molecule has 0 atom stereocenters. The van der Waals surface area contributed by atoms with Crippen molar-refractivity contribution in [3.63, 3.8) is 0 Å². The van der Waals surface area contributed by atoms with E-state index < -0.39 is 0 Å². The van der Waals surface area contributed by atoms with Crippen molar-refractivity contribution in [2.45, 2.75) is 38.0 Å². The molecule has 2 rings (SSSR count). The number of hydrogen-bond acceptors (Lipinski definition) is 5. The van der Waals surface area contributed by atoms with Crippen LogP contribution in [0.1, 0.15) is 43.7 Å². The normalized spacial score (nSPS) is 17.0. The fourth-order valence-corrected chi connectivity index (χ4v) is 2.44. The molecule has 1 aliphatic carbocycles. The van der Waals surface area contributed by atoms with Gasteiger partial charge < -0.3 is 16.8 Å². The summed E-state index contributed by atoms with van der Waals surface area (Å²) < 4.78 is 0. The topological polar surface area (TPSA) is 89.8 Å². The van der Waals surface area contributed by atoms with Crippen molar-refractivity contribution in [2.24, 2.45) is 5.73 Å². The number of hydrogen-bond donors (Lipinski definition) is 3. The van der Waals surface area contributed by atoms with Crippen molar-refractivity contribution in [2.75, 3.05) is 24.1 Å². The zero-order valence-electron chi connectivity index (χ0n) is 10.2. The Morgan fingerprint density at radius 3 is 2.76 bits per heavy atom. The molecule has 17 heavy (non-hydrogen) atoms. The highest BCUT2D eigenvalue weighted by molar-refractivity contribution is 5.49. The Bertz CT molecular complexity index is 360. The van der Waals surface area contributed by atoms with Crippen LogP contribution in [-0.4, -0.2) is 23.1 Å². The number of nitrogens with two attached hydrogens (primary N) is 2. The molecule has 0 aliphatic heterocycles. The van der Waals surface area contributed by atoms with Crippen LogP contribution < -0.4 is 16.8 Å². The number of nitrogens with zero attached hydrogens (tertiary/aromatic N) is 2. The average molecular weight is 235 g/mol. The lowest BCUT2D eigenvalue weighted by Crippen LogP contribution is -2.17. The summed E-state index contributed by atoms with van der Waals surface area (Å²) in [5.41, 5.74) is 13.3. The second kappa shape index (κ2) is 5.82. The van der Waals surface area contributed by atoms with E-state index in [0.29, 0.717) is 18.4 Å². The first-order valence-electron chi connectivity index (χ1n) is 6.37. The summed E-state index contributed by atoms with van der Waals surface area (Å²) in [6.45, 7) is 1.35. The summed E-state index contributed by atoms with van der Waals surface area (Å²) in [4.78, 5) is 8.46. The average Bonchev–Trinajstić information content (AvgIpc) is 2.38. The van der Waals surface area contributed by atoms with Gasteiger partial charge in [0.05, 0.1) is 17.6 Å². The van der Waals surface area contributed by atoms with E-state index in [1.165, 1.54) is 32.1 Å². The van der Waals surface area contributed by atoms with E-state index >= 15 is 0 Å². The second-order valence-corrected chi connectivity index (χ2v) is 4.58. The van der Waals surface area contributed by atoms with Crippen LogP contribution in [0.15, 0.2) is 6.20 Å². The van der Waals surface area contributed by atoms with Crippen LogP contribution in [-0.2, 0) is 0 Å². The lowest BCUT2D eigenvalue weighted by atomic mass is 9.86. The number of nitrogen functional groups attached to an aromatic ring is 1. The zero-order chi connectivity index (χ0) is 12.1. The minimum Gasteiger partial charge on any atom is -0.381 e. The highest BCUT2D eigenvalue weighted by Crippen LogP contribution is 2.35. The molecule has 0 radical (unpaired) electrons. The van der Waals surface area contributed by atoms with E-state index in [-0.39, 0.29) is 0 Å². The molecular formula is C12H21N5. The highest BCUT2D eigenvalue weighted by atomic mass is 15.0. The Kier molecular flexibility index (Phi) is 4.14. The lowest BCUT2D eigenvalue weighted by Gasteiger charge is -2.23. The molecule has 94 valence electrons. The molecule has 5 heteroatoms. The molecular weight excluding hydrogens is 214 g/mol. The smallest absolute Gasteiger partial charge is 0.220 e. The van der Waals surface area contributed by atoms with E-state index in [0.717, 1.165) is 17.9 Å². The highest BCUT2D eigenvalue weighted by Gasteiger charge is 2.20. The molecule has 5 N–H and O–H groups in total. The van der Waals surface area contributed by atoms with Gasteiger partial charge in [-0.05, 0) is 12.8 Å². The van der Waals surface area contributed by atoms with Gasteiger partial charge in [0.15, 0.2) is 0 Å². The van der Waals surface area contributed by atoms with Crippen LogP contribution in [0, 0.1) is 0 Å². The van der Waals surface area contributed by atoms with E-state index in [1.807, 2.05) is 0 Å². The lowest BCUT2D eigenvalue weighted by molar-refractivity contribution is 0.437. The van der Waals surface area contributed by atoms with E-state index in [4.69, 9.17) is 11.5 Å². The summed E-state index contributed by atoms with van der Waals surface area (Å²) in [6.07, 6.45) is 8.09. The number of anilines is 2. The van der Waals surface area contributed by atoms with Gasteiger partial charge in [0.2, 0.25) is 5.95 Å². The maximum absolute atomic E-state index is 5.69. The van der Waals surface area contributed by atoms with Crippen molar-refractivity contribution < 1.29 is 0 Å². The number of rotatable bonds is 4. The summed E-state index contributed by atoms with van der Waals surface area (Å²) >= 11 is 0. The second-order valence-electron chi connectivity index (χ2n) is 4.58. The third-order valence-corrected chi connectivity index (χ3v) is 3.29. The summed E-state index contributed by atoms with van der Waals surface area (Å²) in [5.74, 6) is 0.887. The van der Waals surface area contributed by atoms with Crippen LogP contribution in [0.25, 0.3) is 0 Å². The largest absolute Gasteiger partial charge is 0.381 e. The molecule has 0 bridgehead atoms. The summed E-state index contributed by atoms with van der Waals surface area (Å²) in [7, 11) is 0. The van der Waals surface area contributed by atoms with Crippen LogP contribution >= 0.6 is 0 Å². The third-order valence-electron chi connectivity index (χ3n) is 3.29. The van der Waals surface area contributed by atoms with Gasteiger partial charge in [-0.25, -0.2) is 9.97 Å². The fraction of sp³-hybridized carbons (Fsp3) is 0.667. The van der Waals surface area contributed by atoms with E-state index in [9.17, 15) is 0 Å². The number of nitrogens with one attached hydrogen (secondary N) is 1. The molecule has 0 saturated heterocycles. The quantitative estimate of drug-likeness (QED) is 0.735. The number of aromatic nitrogens is 2. The standard InChI is InChI=1S/C12H21N5/c13-6-7-15-10-8-16-12(14)17-11(10)9-4-2-1-3-5-9/h8-9,15H,1-7,13H2,(H2,14,16,17). The minimum absolute atomic E-state index is 0.365.